The van der Waals surface area contributed by atoms with Crippen LogP contribution in [0.1, 0.15) is 19.4 Å². The van der Waals surface area contributed by atoms with Crippen molar-refractivity contribution in [2.24, 2.45) is 0 Å². The number of esters is 1. The number of methoxy groups -OCH3 is 2. The highest BCUT2D eigenvalue weighted by Gasteiger charge is 2.15. The normalized spacial score (nSPS) is 10.2. The molecule has 5 nitrogen and oxygen atoms in total. The summed E-state index contributed by atoms with van der Waals surface area (Å²) in [5.41, 5.74) is 0.978. The van der Waals surface area contributed by atoms with Gasteiger partial charge in [0.2, 0.25) is 5.75 Å². The van der Waals surface area contributed by atoms with Gasteiger partial charge in [-0.05, 0) is 38.5 Å². The van der Waals surface area contributed by atoms with Crippen LogP contribution < -0.4 is 14.2 Å². The zero-order chi connectivity index (χ0) is 14.4. The van der Waals surface area contributed by atoms with Crippen molar-refractivity contribution < 1.29 is 23.7 Å². The van der Waals surface area contributed by atoms with Gasteiger partial charge in [-0.3, -0.25) is 0 Å². The van der Waals surface area contributed by atoms with E-state index in [-0.39, 0.29) is 12.7 Å². The maximum absolute atomic E-state index is 11.5. The van der Waals surface area contributed by atoms with Crippen LogP contribution in [0.25, 0.3) is 0 Å². The van der Waals surface area contributed by atoms with E-state index in [0.717, 1.165) is 5.56 Å². The second-order valence-corrected chi connectivity index (χ2v) is 4.33. The zero-order valence-electron chi connectivity index (χ0n) is 12.0. The summed E-state index contributed by atoms with van der Waals surface area (Å²) in [5.74, 6) is 1.01. The van der Waals surface area contributed by atoms with Crippen molar-refractivity contribution in [3.8, 4) is 17.2 Å². The number of hydrogen-bond acceptors (Lipinski definition) is 5. The SMILES string of the molecule is COc1cc(C)cc(OC)c1OCC(=O)OC(C)C. The van der Waals surface area contributed by atoms with Gasteiger partial charge < -0.3 is 18.9 Å². The first-order valence-electron chi connectivity index (χ1n) is 6.02. The summed E-state index contributed by atoms with van der Waals surface area (Å²) in [5, 5.41) is 0. The van der Waals surface area contributed by atoms with Crippen molar-refractivity contribution >= 4 is 5.97 Å². The van der Waals surface area contributed by atoms with Crippen LogP contribution in [0.3, 0.4) is 0 Å². The van der Waals surface area contributed by atoms with Gasteiger partial charge in [-0.1, -0.05) is 0 Å². The molecule has 5 heteroatoms. The van der Waals surface area contributed by atoms with Crippen LogP contribution in [0, 0.1) is 6.92 Å². The number of benzene rings is 1. The minimum absolute atomic E-state index is 0.169. The minimum Gasteiger partial charge on any atom is -0.493 e. The van der Waals surface area contributed by atoms with Crippen LogP contribution in [-0.2, 0) is 9.53 Å². The molecule has 0 aliphatic carbocycles. The van der Waals surface area contributed by atoms with Gasteiger partial charge in [-0.15, -0.1) is 0 Å². The highest BCUT2D eigenvalue weighted by atomic mass is 16.6. The van der Waals surface area contributed by atoms with E-state index >= 15 is 0 Å². The van der Waals surface area contributed by atoms with Crippen LogP contribution in [-0.4, -0.2) is 32.9 Å². The molecule has 0 aromatic heterocycles. The summed E-state index contributed by atoms with van der Waals surface area (Å²) in [7, 11) is 3.07. The maximum atomic E-state index is 11.5. The van der Waals surface area contributed by atoms with E-state index in [1.54, 1.807) is 13.8 Å². The third kappa shape index (κ3) is 4.35. The molecule has 0 aliphatic heterocycles. The molecule has 106 valence electrons. The fourth-order valence-corrected chi connectivity index (χ4v) is 1.58. The van der Waals surface area contributed by atoms with Crippen LogP contribution >= 0.6 is 0 Å². The lowest BCUT2D eigenvalue weighted by molar-refractivity contribution is -0.149. The molecule has 1 rings (SSSR count). The van der Waals surface area contributed by atoms with Crippen molar-refractivity contribution in [2.75, 3.05) is 20.8 Å². The average molecular weight is 268 g/mol. The Morgan fingerprint density at radius 2 is 1.68 bits per heavy atom. The summed E-state index contributed by atoms with van der Waals surface area (Å²) in [6.45, 7) is 5.30. The van der Waals surface area contributed by atoms with E-state index in [1.165, 1.54) is 14.2 Å². The maximum Gasteiger partial charge on any atom is 0.344 e. The van der Waals surface area contributed by atoms with Gasteiger partial charge in [0, 0.05) is 0 Å². The van der Waals surface area contributed by atoms with Gasteiger partial charge in [-0.25, -0.2) is 4.79 Å². The second kappa shape index (κ2) is 6.87. The molecule has 1 aromatic carbocycles. The number of carbonyl (C=O) groups is 1. The first-order chi connectivity index (χ1) is 8.97. The molecule has 0 saturated heterocycles. The number of hydrogen-bond donors (Lipinski definition) is 0. The Kier molecular flexibility index (Phi) is 5.48. The van der Waals surface area contributed by atoms with Crippen LogP contribution in [0.2, 0.25) is 0 Å². The predicted octanol–water partition coefficient (Wildman–Crippen LogP) is 2.34. The van der Waals surface area contributed by atoms with Crippen molar-refractivity contribution in [1.29, 1.82) is 0 Å². The van der Waals surface area contributed by atoms with E-state index in [1.807, 2.05) is 19.1 Å². The van der Waals surface area contributed by atoms with Crippen molar-refractivity contribution in [2.45, 2.75) is 26.9 Å². The zero-order valence-corrected chi connectivity index (χ0v) is 12.0. The first-order valence-corrected chi connectivity index (χ1v) is 6.02. The van der Waals surface area contributed by atoms with Gasteiger partial charge in [0.05, 0.1) is 20.3 Å². The molecule has 0 saturated carbocycles. The number of carbonyl (C=O) groups excluding carboxylic acids is 1. The van der Waals surface area contributed by atoms with E-state index < -0.39 is 5.97 Å². The largest absolute Gasteiger partial charge is 0.493 e. The van der Waals surface area contributed by atoms with Crippen LogP contribution in [0.4, 0.5) is 0 Å². The molecule has 0 spiro atoms. The number of aryl methyl sites for hydroxylation is 1. The van der Waals surface area contributed by atoms with Gasteiger partial charge in [-0.2, -0.15) is 0 Å². The molecule has 19 heavy (non-hydrogen) atoms. The lowest BCUT2D eigenvalue weighted by Gasteiger charge is -2.15. The first kappa shape index (κ1) is 15.1. The van der Waals surface area contributed by atoms with Crippen LogP contribution in [0.15, 0.2) is 12.1 Å². The number of rotatable bonds is 6. The molecule has 0 fully saturated rings. The summed E-state index contributed by atoms with van der Waals surface area (Å²) in [6, 6.07) is 3.62. The minimum atomic E-state index is -0.431. The molecule has 0 aliphatic rings. The van der Waals surface area contributed by atoms with E-state index in [2.05, 4.69) is 0 Å². The Hall–Kier alpha value is -1.91. The summed E-state index contributed by atoms with van der Waals surface area (Å²) in [4.78, 5) is 11.5. The molecule has 1 aromatic rings. The Morgan fingerprint density at radius 1 is 1.16 bits per heavy atom. The monoisotopic (exact) mass is 268 g/mol. The average Bonchev–Trinajstić information content (AvgIpc) is 2.35. The molecule has 0 unspecified atom stereocenters. The fourth-order valence-electron chi connectivity index (χ4n) is 1.58. The molecule has 0 heterocycles. The second-order valence-electron chi connectivity index (χ2n) is 4.33. The molecule has 0 amide bonds. The highest BCUT2D eigenvalue weighted by molar-refractivity contribution is 5.71. The molecular formula is C14H20O5. The smallest absolute Gasteiger partial charge is 0.344 e. The Morgan fingerprint density at radius 3 is 2.11 bits per heavy atom. The van der Waals surface area contributed by atoms with Gasteiger partial charge in [0.25, 0.3) is 0 Å². The third-order valence-corrected chi connectivity index (χ3v) is 2.31. The molecular weight excluding hydrogens is 248 g/mol. The predicted molar refractivity (Wildman–Crippen MR) is 71.0 cm³/mol. The summed E-state index contributed by atoms with van der Waals surface area (Å²) >= 11 is 0. The number of ether oxygens (including phenoxy) is 4. The van der Waals surface area contributed by atoms with E-state index in [4.69, 9.17) is 18.9 Å². The van der Waals surface area contributed by atoms with Crippen molar-refractivity contribution in [3.63, 3.8) is 0 Å². The van der Waals surface area contributed by atoms with Gasteiger partial charge >= 0.3 is 5.97 Å². The van der Waals surface area contributed by atoms with Gasteiger partial charge in [0.1, 0.15) is 0 Å². The molecule has 0 bridgehead atoms. The molecule has 0 N–H and O–H groups in total. The topological polar surface area (TPSA) is 54.0 Å². The van der Waals surface area contributed by atoms with E-state index in [9.17, 15) is 4.79 Å². The van der Waals surface area contributed by atoms with Crippen LogP contribution in [0.5, 0.6) is 17.2 Å². The lowest BCUT2D eigenvalue weighted by atomic mass is 10.2. The Bertz CT molecular complexity index is 414. The Balaban J connectivity index is 2.84. The quantitative estimate of drug-likeness (QED) is 0.741. The molecule has 0 radical (unpaired) electrons. The van der Waals surface area contributed by atoms with Crippen molar-refractivity contribution in [1.82, 2.24) is 0 Å². The highest BCUT2D eigenvalue weighted by Crippen LogP contribution is 2.38. The summed E-state index contributed by atoms with van der Waals surface area (Å²) in [6.07, 6.45) is -0.169. The van der Waals surface area contributed by atoms with E-state index in [0.29, 0.717) is 17.2 Å². The third-order valence-electron chi connectivity index (χ3n) is 2.31. The fraction of sp³-hybridized carbons (Fsp3) is 0.500. The standard InChI is InChI=1S/C14H20O5/c1-9(2)19-13(15)8-18-14-11(16-4)6-10(3)7-12(14)17-5/h6-7,9H,8H2,1-5H3. The lowest BCUT2D eigenvalue weighted by Crippen LogP contribution is -2.19. The van der Waals surface area contributed by atoms with Gasteiger partial charge in [0.15, 0.2) is 18.1 Å². The molecule has 0 atom stereocenters. The Labute approximate surface area is 113 Å². The van der Waals surface area contributed by atoms with Crippen molar-refractivity contribution in [3.05, 3.63) is 17.7 Å². The summed E-state index contributed by atoms with van der Waals surface area (Å²) < 4.78 is 20.9.